The lowest BCUT2D eigenvalue weighted by molar-refractivity contribution is -0.125. The topological polar surface area (TPSA) is 84.0 Å². The van der Waals surface area contributed by atoms with Crippen molar-refractivity contribution in [3.05, 3.63) is 24.3 Å². The molecule has 0 saturated carbocycles. The van der Waals surface area contributed by atoms with Gasteiger partial charge in [-0.2, -0.15) is 0 Å². The van der Waals surface area contributed by atoms with Gasteiger partial charge in [-0.25, -0.2) is 9.97 Å². The summed E-state index contributed by atoms with van der Waals surface area (Å²) in [6.45, 7) is 0.452. The van der Waals surface area contributed by atoms with Crippen molar-refractivity contribution in [1.29, 1.82) is 0 Å². The fourth-order valence-electron chi connectivity index (χ4n) is 1.37. The minimum atomic E-state index is -0.438. The Morgan fingerprint density at radius 2 is 2.40 bits per heavy atom. The highest BCUT2D eigenvalue weighted by Crippen LogP contribution is 2.02. The van der Waals surface area contributed by atoms with Crippen molar-refractivity contribution < 1.29 is 9.59 Å². The van der Waals surface area contributed by atoms with E-state index in [1.54, 1.807) is 12.3 Å². The van der Waals surface area contributed by atoms with Gasteiger partial charge in [0, 0.05) is 12.7 Å². The van der Waals surface area contributed by atoms with Crippen LogP contribution in [0.4, 0.5) is 0 Å². The Kier molecular flexibility index (Phi) is 2.68. The highest BCUT2D eigenvalue weighted by molar-refractivity contribution is 6.05. The molecule has 6 heteroatoms. The number of carbonyl (C=O) groups is 2. The third-order valence-corrected chi connectivity index (χ3v) is 2.14. The zero-order valence-electron chi connectivity index (χ0n) is 7.93. The Bertz CT molecular complexity index is 379. The van der Waals surface area contributed by atoms with Gasteiger partial charge in [-0.15, -0.1) is 0 Å². The second kappa shape index (κ2) is 4.14. The number of hydrogen-bond donors (Lipinski definition) is 2. The molecule has 0 aromatic carbocycles. The van der Waals surface area contributed by atoms with Gasteiger partial charge in [0.05, 0.1) is 18.2 Å². The third kappa shape index (κ3) is 2.35. The third-order valence-electron chi connectivity index (χ3n) is 2.14. The second-order valence-corrected chi connectivity index (χ2v) is 3.25. The first kappa shape index (κ1) is 9.72. The van der Waals surface area contributed by atoms with Crippen LogP contribution in [0.2, 0.25) is 0 Å². The van der Waals surface area contributed by atoms with Crippen LogP contribution in [0.1, 0.15) is 12.1 Å². The summed E-state index contributed by atoms with van der Waals surface area (Å²) < 4.78 is 0. The van der Waals surface area contributed by atoms with E-state index < -0.39 is 6.04 Å². The summed E-state index contributed by atoms with van der Waals surface area (Å²) in [5.74, 6) is -0.505. The summed E-state index contributed by atoms with van der Waals surface area (Å²) in [5, 5.41) is 5.18. The number of nitrogens with one attached hydrogen (secondary N) is 2. The highest BCUT2D eigenvalue weighted by atomic mass is 16.2. The van der Waals surface area contributed by atoms with Gasteiger partial charge >= 0.3 is 0 Å². The summed E-state index contributed by atoms with van der Waals surface area (Å²) in [4.78, 5) is 29.8. The summed E-state index contributed by atoms with van der Waals surface area (Å²) in [5.41, 5.74) is 0.789. The maximum Gasteiger partial charge on any atom is 0.244 e. The fraction of sp³-hybridized carbons (Fsp3) is 0.333. The summed E-state index contributed by atoms with van der Waals surface area (Å²) in [7, 11) is 0. The lowest BCUT2D eigenvalue weighted by Crippen LogP contribution is -2.35. The number of carbonyl (C=O) groups excluding carboxylic acids is 2. The minimum absolute atomic E-state index is 0.198. The lowest BCUT2D eigenvalue weighted by Gasteiger charge is -2.07. The predicted molar refractivity (Wildman–Crippen MR) is 50.4 cm³/mol. The maximum atomic E-state index is 11.2. The Balaban J connectivity index is 1.89. The number of aromatic nitrogens is 2. The van der Waals surface area contributed by atoms with Gasteiger partial charge in [-0.1, -0.05) is 0 Å². The summed E-state index contributed by atoms with van der Waals surface area (Å²) in [6, 6.07) is 1.31. The van der Waals surface area contributed by atoms with Gasteiger partial charge in [0.1, 0.15) is 6.33 Å². The number of amides is 2. The molecule has 15 heavy (non-hydrogen) atoms. The van der Waals surface area contributed by atoms with Crippen LogP contribution in [0.25, 0.3) is 0 Å². The first-order chi connectivity index (χ1) is 7.25. The predicted octanol–water partition coefficient (Wildman–Crippen LogP) is -1.02. The summed E-state index contributed by atoms with van der Waals surface area (Å²) in [6.07, 6.45) is 3.27. The van der Waals surface area contributed by atoms with Crippen molar-refractivity contribution in [3.8, 4) is 0 Å². The van der Waals surface area contributed by atoms with Crippen molar-refractivity contribution in [2.45, 2.75) is 19.0 Å². The normalized spacial score (nSPS) is 20.4. The zero-order valence-corrected chi connectivity index (χ0v) is 7.93. The number of hydrogen-bond acceptors (Lipinski definition) is 5. The van der Waals surface area contributed by atoms with Gasteiger partial charge in [0.15, 0.2) is 0 Å². The molecular weight excluding hydrogens is 196 g/mol. The monoisotopic (exact) mass is 206 g/mol. The molecule has 1 aromatic heterocycles. The molecule has 2 rings (SSSR count). The van der Waals surface area contributed by atoms with Crippen LogP contribution in [0.5, 0.6) is 0 Å². The average molecular weight is 206 g/mol. The molecule has 1 aliphatic rings. The van der Waals surface area contributed by atoms with Crippen molar-refractivity contribution in [2.24, 2.45) is 0 Å². The van der Waals surface area contributed by atoms with E-state index in [-0.39, 0.29) is 18.2 Å². The van der Waals surface area contributed by atoms with Gasteiger partial charge < -0.3 is 0 Å². The van der Waals surface area contributed by atoms with E-state index in [4.69, 9.17) is 0 Å². The molecule has 0 aliphatic carbocycles. The maximum absolute atomic E-state index is 11.2. The van der Waals surface area contributed by atoms with E-state index in [1.165, 1.54) is 6.33 Å². The zero-order chi connectivity index (χ0) is 10.7. The van der Waals surface area contributed by atoms with Crippen molar-refractivity contribution >= 4 is 11.8 Å². The number of imide groups is 1. The van der Waals surface area contributed by atoms with Gasteiger partial charge in [0.2, 0.25) is 11.8 Å². The number of nitrogens with zero attached hydrogens (tertiary/aromatic N) is 2. The Labute approximate surface area is 86.1 Å². The molecule has 0 radical (unpaired) electrons. The van der Waals surface area contributed by atoms with E-state index >= 15 is 0 Å². The lowest BCUT2D eigenvalue weighted by atomic mass is 10.2. The van der Waals surface area contributed by atoms with Crippen LogP contribution in [-0.2, 0) is 16.1 Å². The van der Waals surface area contributed by atoms with Crippen LogP contribution in [-0.4, -0.2) is 27.8 Å². The van der Waals surface area contributed by atoms with Crippen LogP contribution in [0, 0.1) is 0 Å². The highest BCUT2D eigenvalue weighted by Gasteiger charge is 2.29. The average Bonchev–Trinajstić information content (AvgIpc) is 2.56. The van der Waals surface area contributed by atoms with E-state index in [0.29, 0.717) is 6.54 Å². The van der Waals surface area contributed by atoms with Crippen molar-refractivity contribution in [1.82, 2.24) is 20.6 Å². The SMILES string of the molecule is O=C1C[C@H](NCc2ccncn2)C(=O)N1. The van der Waals surface area contributed by atoms with Crippen LogP contribution in [0.3, 0.4) is 0 Å². The van der Waals surface area contributed by atoms with E-state index in [0.717, 1.165) is 5.69 Å². The quantitative estimate of drug-likeness (QED) is 0.618. The molecule has 0 unspecified atom stereocenters. The largest absolute Gasteiger partial charge is 0.300 e. The molecule has 2 heterocycles. The molecule has 78 valence electrons. The molecule has 6 nitrogen and oxygen atoms in total. The molecule has 0 bridgehead atoms. The minimum Gasteiger partial charge on any atom is -0.300 e. The summed E-state index contributed by atoms with van der Waals surface area (Å²) >= 11 is 0. The Hall–Kier alpha value is -1.82. The molecule has 1 fully saturated rings. The van der Waals surface area contributed by atoms with Crippen LogP contribution >= 0.6 is 0 Å². The Morgan fingerprint density at radius 3 is 3.00 bits per heavy atom. The standard InChI is InChI=1S/C9H10N4O2/c14-8-3-7(9(15)13-8)11-4-6-1-2-10-5-12-6/h1-2,5,7,11H,3-4H2,(H,13,14,15)/t7-/m0/s1. The van der Waals surface area contributed by atoms with Crippen LogP contribution < -0.4 is 10.6 Å². The van der Waals surface area contributed by atoms with Crippen molar-refractivity contribution in [2.75, 3.05) is 0 Å². The Morgan fingerprint density at radius 1 is 1.53 bits per heavy atom. The molecular formula is C9H10N4O2. The molecule has 1 saturated heterocycles. The van der Waals surface area contributed by atoms with Gasteiger partial charge in [-0.3, -0.25) is 20.2 Å². The van der Waals surface area contributed by atoms with Gasteiger partial charge in [0.25, 0.3) is 0 Å². The van der Waals surface area contributed by atoms with E-state index in [2.05, 4.69) is 20.6 Å². The van der Waals surface area contributed by atoms with E-state index in [9.17, 15) is 9.59 Å². The van der Waals surface area contributed by atoms with Gasteiger partial charge in [-0.05, 0) is 6.07 Å². The molecule has 2 amide bonds. The van der Waals surface area contributed by atoms with Crippen molar-refractivity contribution in [3.63, 3.8) is 0 Å². The molecule has 0 spiro atoms. The molecule has 1 aromatic rings. The molecule has 1 atom stereocenters. The molecule has 1 aliphatic heterocycles. The first-order valence-electron chi connectivity index (χ1n) is 4.57. The fourth-order valence-corrected chi connectivity index (χ4v) is 1.37. The second-order valence-electron chi connectivity index (χ2n) is 3.25. The molecule has 2 N–H and O–H groups in total. The van der Waals surface area contributed by atoms with Crippen LogP contribution in [0.15, 0.2) is 18.6 Å². The van der Waals surface area contributed by atoms with E-state index in [1.807, 2.05) is 0 Å². The first-order valence-corrected chi connectivity index (χ1v) is 4.57. The smallest absolute Gasteiger partial charge is 0.244 e. The number of rotatable bonds is 3.